The molecular weight excluding hydrogens is 218 g/mol. The quantitative estimate of drug-likeness (QED) is 0.334. The van der Waals surface area contributed by atoms with E-state index in [4.69, 9.17) is 0 Å². The van der Waals surface area contributed by atoms with E-state index in [1.54, 1.807) is 6.92 Å². The molecule has 2 heteroatoms. The Kier molecular flexibility index (Phi) is 8.40. The summed E-state index contributed by atoms with van der Waals surface area (Å²) in [4.78, 5) is 0. The van der Waals surface area contributed by atoms with Crippen molar-refractivity contribution in [1.29, 1.82) is 0 Å². The third-order valence-corrected chi connectivity index (χ3v) is 2.33. The van der Waals surface area contributed by atoms with Crippen LogP contribution in [0.15, 0.2) is 24.8 Å². The monoisotopic (exact) mass is 240 g/mol. The van der Waals surface area contributed by atoms with Crippen LogP contribution in [0.4, 0.5) is 8.78 Å². The van der Waals surface area contributed by atoms with Crippen LogP contribution < -0.4 is 0 Å². The number of allylic oxidation sites excluding steroid dienone is 3. The van der Waals surface area contributed by atoms with Crippen molar-refractivity contribution in [3.05, 3.63) is 24.8 Å². The van der Waals surface area contributed by atoms with Crippen LogP contribution in [0.25, 0.3) is 0 Å². The zero-order valence-corrected chi connectivity index (χ0v) is 10.8. The Morgan fingerprint density at radius 1 is 1.35 bits per heavy atom. The van der Waals surface area contributed by atoms with Crippen molar-refractivity contribution in [3.8, 4) is 11.8 Å². The summed E-state index contributed by atoms with van der Waals surface area (Å²) in [5, 5.41) is 0. The molecule has 17 heavy (non-hydrogen) atoms. The summed E-state index contributed by atoms with van der Waals surface area (Å²) < 4.78 is 25.9. The van der Waals surface area contributed by atoms with Gasteiger partial charge in [0.2, 0.25) is 0 Å². The van der Waals surface area contributed by atoms with E-state index in [0.29, 0.717) is 0 Å². The molecule has 0 N–H and O–H groups in total. The summed E-state index contributed by atoms with van der Waals surface area (Å²) in [6, 6.07) is 0. The largest absolute Gasteiger partial charge is 0.266 e. The normalized spacial score (nSPS) is 13.2. The van der Waals surface area contributed by atoms with Crippen molar-refractivity contribution in [1.82, 2.24) is 0 Å². The molecule has 0 aliphatic heterocycles. The molecule has 0 radical (unpaired) electrons. The van der Waals surface area contributed by atoms with E-state index in [2.05, 4.69) is 18.4 Å². The molecule has 0 spiro atoms. The van der Waals surface area contributed by atoms with E-state index in [9.17, 15) is 8.78 Å². The van der Waals surface area contributed by atoms with Crippen molar-refractivity contribution in [2.75, 3.05) is 0 Å². The first-order valence-electron chi connectivity index (χ1n) is 6.15. The lowest BCUT2D eigenvalue weighted by molar-refractivity contribution is 0.0363. The maximum atomic E-state index is 12.9. The van der Waals surface area contributed by atoms with Gasteiger partial charge in [0.25, 0.3) is 5.92 Å². The van der Waals surface area contributed by atoms with Crippen molar-refractivity contribution in [2.24, 2.45) is 5.92 Å². The van der Waals surface area contributed by atoms with Gasteiger partial charge in [0, 0.05) is 19.3 Å². The fourth-order valence-electron chi connectivity index (χ4n) is 1.43. The molecule has 0 heterocycles. The third-order valence-electron chi connectivity index (χ3n) is 2.33. The lowest BCUT2D eigenvalue weighted by Gasteiger charge is -2.14. The topological polar surface area (TPSA) is 0 Å². The Hall–Kier alpha value is -1.10. The van der Waals surface area contributed by atoms with E-state index in [0.717, 1.165) is 31.8 Å². The standard InChI is InChI=1S/C15H22F2/c1-4-6-7-8-9-10-11-12-14(3)13-15(16,17)5-2/h5,11-12,14H,2,4,8-10,13H2,1,3H3/b12-11+. The van der Waals surface area contributed by atoms with Crippen molar-refractivity contribution in [2.45, 2.75) is 51.9 Å². The first kappa shape index (κ1) is 15.9. The summed E-state index contributed by atoms with van der Waals surface area (Å²) in [6.45, 7) is 6.95. The molecule has 0 saturated heterocycles. The van der Waals surface area contributed by atoms with Crippen molar-refractivity contribution in [3.63, 3.8) is 0 Å². The number of hydrogen-bond acceptors (Lipinski definition) is 0. The molecule has 0 aromatic rings. The van der Waals surface area contributed by atoms with E-state index in [1.165, 1.54) is 0 Å². The van der Waals surface area contributed by atoms with Crippen LogP contribution in [0.5, 0.6) is 0 Å². The summed E-state index contributed by atoms with van der Waals surface area (Å²) in [6.07, 6.45) is 8.05. The fraction of sp³-hybridized carbons (Fsp3) is 0.600. The molecule has 1 atom stereocenters. The predicted octanol–water partition coefficient (Wildman–Crippen LogP) is 4.97. The highest BCUT2D eigenvalue weighted by atomic mass is 19.3. The lowest BCUT2D eigenvalue weighted by Crippen LogP contribution is -2.15. The molecule has 0 aromatic heterocycles. The highest BCUT2D eigenvalue weighted by molar-refractivity contribution is 4.98. The predicted molar refractivity (Wildman–Crippen MR) is 70.0 cm³/mol. The third kappa shape index (κ3) is 9.81. The number of hydrogen-bond donors (Lipinski definition) is 0. The minimum atomic E-state index is -2.75. The molecule has 0 fully saturated rings. The van der Waals surface area contributed by atoms with Crippen LogP contribution in [0, 0.1) is 17.8 Å². The first-order valence-corrected chi connectivity index (χ1v) is 6.15. The van der Waals surface area contributed by atoms with Crippen LogP contribution in [-0.4, -0.2) is 5.92 Å². The van der Waals surface area contributed by atoms with Gasteiger partial charge in [0.15, 0.2) is 0 Å². The minimum Gasteiger partial charge on any atom is -0.202 e. The number of halogens is 2. The molecule has 96 valence electrons. The molecule has 0 bridgehead atoms. The van der Waals surface area contributed by atoms with Gasteiger partial charge in [-0.15, -0.1) is 11.8 Å². The number of rotatable bonds is 7. The Morgan fingerprint density at radius 3 is 2.65 bits per heavy atom. The van der Waals surface area contributed by atoms with Crippen LogP contribution in [-0.2, 0) is 0 Å². The number of unbranched alkanes of at least 4 members (excludes halogenated alkanes) is 2. The first-order chi connectivity index (χ1) is 8.02. The van der Waals surface area contributed by atoms with Gasteiger partial charge in [-0.1, -0.05) is 32.6 Å². The second-order valence-corrected chi connectivity index (χ2v) is 4.17. The summed E-state index contributed by atoms with van der Waals surface area (Å²) in [5.74, 6) is 3.18. The Labute approximate surface area is 104 Å². The summed E-state index contributed by atoms with van der Waals surface area (Å²) in [7, 11) is 0. The van der Waals surface area contributed by atoms with Crippen molar-refractivity contribution < 1.29 is 8.78 Å². The molecule has 0 aliphatic carbocycles. The highest BCUT2D eigenvalue weighted by Gasteiger charge is 2.25. The maximum Gasteiger partial charge on any atom is 0.266 e. The average Bonchev–Trinajstić information content (AvgIpc) is 2.27. The van der Waals surface area contributed by atoms with E-state index in [1.807, 2.05) is 19.1 Å². The molecular formula is C15H22F2. The van der Waals surface area contributed by atoms with Gasteiger partial charge in [-0.2, -0.15) is 0 Å². The highest BCUT2D eigenvalue weighted by Crippen LogP contribution is 2.24. The SMILES string of the molecule is C=CC(F)(F)CC(C)/C=C/CCCC#CCC. The lowest BCUT2D eigenvalue weighted by atomic mass is 10.0. The Morgan fingerprint density at radius 2 is 2.06 bits per heavy atom. The second-order valence-electron chi connectivity index (χ2n) is 4.17. The second kappa shape index (κ2) is 8.98. The molecule has 1 unspecified atom stereocenters. The van der Waals surface area contributed by atoms with Gasteiger partial charge < -0.3 is 0 Å². The van der Waals surface area contributed by atoms with E-state index in [-0.39, 0.29) is 12.3 Å². The van der Waals surface area contributed by atoms with Gasteiger partial charge in [-0.25, -0.2) is 8.78 Å². The fourth-order valence-corrected chi connectivity index (χ4v) is 1.43. The maximum absolute atomic E-state index is 12.9. The summed E-state index contributed by atoms with van der Waals surface area (Å²) >= 11 is 0. The Balaban J connectivity index is 3.74. The molecule has 0 nitrogen and oxygen atoms in total. The molecule has 0 aliphatic rings. The average molecular weight is 240 g/mol. The smallest absolute Gasteiger partial charge is 0.202 e. The molecule has 0 saturated carbocycles. The van der Waals surface area contributed by atoms with Crippen LogP contribution >= 0.6 is 0 Å². The minimum absolute atomic E-state index is 0.121. The molecule has 0 rings (SSSR count). The van der Waals surface area contributed by atoms with Crippen LogP contribution in [0.1, 0.15) is 46.0 Å². The summed E-state index contributed by atoms with van der Waals surface area (Å²) in [5.41, 5.74) is 0. The van der Waals surface area contributed by atoms with Crippen LogP contribution in [0.3, 0.4) is 0 Å². The molecule has 0 aromatic carbocycles. The van der Waals surface area contributed by atoms with E-state index >= 15 is 0 Å². The van der Waals surface area contributed by atoms with Gasteiger partial charge in [0.1, 0.15) is 0 Å². The van der Waals surface area contributed by atoms with Gasteiger partial charge >= 0.3 is 0 Å². The zero-order valence-electron chi connectivity index (χ0n) is 10.8. The van der Waals surface area contributed by atoms with Gasteiger partial charge in [0.05, 0.1) is 0 Å². The van der Waals surface area contributed by atoms with Crippen molar-refractivity contribution >= 4 is 0 Å². The van der Waals surface area contributed by atoms with Gasteiger partial charge in [-0.3, -0.25) is 0 Å². The van der Waals surface area contributed by atoms with Crippen LogP contribution in [0.2, 0.25) is 0 Å². The Bertz CT molecular complexity index is 292. The van der Waals surface area contributed by atoms with E-state index < -0.39 is 5.92 Å². The van der Waals surface area contributed by atoms with Gasteiger partial charge in [-0.05, 0) is 24.8 Å². The zero-order chi connectivity index (χ0) is 13.1. The molecule has 0 amide bonds. The number of alkyl halides is 2.